The highest BCUT2D eigenvalue weighted by Gasteiger charge is 2.37. The van der Waals surface area contributed by atoms with Crippen LogP contribution in [-0.2, 0) is 14.8 Å². The van der Waals surface area contributed by atoms with Gasteiger partial charge in [0.2, 0.25) is 5.88 Å². The van der Waals surface area contributed by atoms with Gasteiger partial charge in [0.25, 0.3) is 10.0 Å². The number of ether oxygens (including phenoxy) is 2. The molecule has 0 spiro atoms. The van der Waals surface area contributed by atoms with E-state index >= 15 is 0 Å². The first-order chi connectivity index (χ1) is 21.9. The van der Waals surface area contributed by atoms with Gasteiger partial charge in [0.15, 0.2) is 5.82 Å². The van der Waals surface area contributed by atoms with Crippen molar-refractivity contribution in [3.63, 3.8) is 0 Å². The van der Waals surface area contributed by atoms with Crippen molar-refractivity contribution < 1.29 is 22.3 Å². The van der Waals surface area contributed by atoms with Crippen LogP contribution in [-0.4, -0.2) is 79.3 Å². The van der Waals surface area contributed by atoms with E-state index in [0.717, 1.165) is 28.2 Å². The van der Waals surface area contributed by atoms with Crippen molar-refractivity contribution in [2.45, 2.75) is 74.9 Å². The van der Waals surface area contributed by atoms with Crippen LogP contribution in [0.5, 0.6) is 5.88 Å². The van der Waals surface area contributed by atoms with Crippen molar-refractivity contribution in [1.82, 2.24) is 34.1 Å². The summed E-state index contributed by atoms with van der Waals surface area (Å²) < 4.78 is 51.4. The molecule has 45 heavy (non-hydrogen) atoms. The minimum absolute atomic E-state index is 0.0584. The fraction of sp³-hybridized carbons (Fsp3) is 0.467. The maximum Gasteiger partial charge on any atom is 0.256 e. The van der Waals surface area contributed by atoms with Crippen molar-refractivity contribution >= 4 is 27.3 Å². The maximum atomic E-state index is 13.9. The lowest BCUT2D eigenvalue weighted by Crippen LogP contribution is -2.27. The molecular formula is C30H34FN9O4S. The van der Waals surface area contributed by atoms with Gasteiger partial charge in [0.1, 0.15) is 23.9 Å². The van der Waals surface area contributed by atoms with Crippen LogP contribution in [0.2, 0.25) is 0 Å². The first-order valence-corrected chi connectivity index (χ1v) is 16.8. The van der Waals surface area contributed by atoms with E-state index in [4.69, 9.17) is 9.47 Å². The molecule has 4 aromatic heterocycles. The molecule has 2 N–H and O–H groups in total. The van der Waals surface area contributed by atoms with Crippen molar-refractivity contribution in [2.75, 3.05) is 23.8 Å². The zero-order chi connectivity index (χ0) is 30.8. The lowest BCUT2D eigenvalue weighted by Gasteiger charge is -2.27. The van der Waals surface area contributed by atoms with Gasteiger partial charge in [-0.25, -0.2) is 37.7 Å². The quantitative estimate of drug-likeness (QED) is 0.251. The largest absolute Gasteiger partial charge is 0.473 e. The van der Waals surface area contributed by atoms with E-state index < -0.39 is 16.2 Å². The van der Waals surface area contributed by atoms with E-state index in [1.807, 2.05) is 6.07 Å². The molecule has 1 aliphatic heterocycles. The highest BCUT2D eigenvalue weighted by Crippen LogP contribution is 2.33. The Morgan fingerprint density at radius 3 is 2.49 bits per heavy atom. The lowest BCUT2D eigenvalue weighted by molar-refractivity contribution is 0.0236. The second-order valence-electron chi connectivity index (χ2n) is 11.6. The van der Waals surface area contributed by atoms with Crippen molar-refractivity contribution in [3.05, 3.63) is 49.3 Å². The Balaban J connectivity index is 1.12. The summed E-state index contributed by atoms with van der Waals surface area (Å²) in [6.07, 6.45) is 14.2. The van der Waals surface area contributed by atoms with Crippen LogP contribution in [0.15, 0.2) is 49.3 Å². The Morgan fingerprint density at radius 2 is 1.73 bits per heavy atom. The molecule has 0 radical (unpaired) electrons. The molecule has 0 bridgehead atoms. The third-order valence-electron chi connectivity index (χ3n) is 8.22. The van der Waals surface area contributed by atoms with Crippen LogP contribution >= 0.6 is 0 Å². The molecule has 236 valence electrons. The minimum atomic E-state index is -3.49. The third-order valence-corrected chi connectivity index (χ3v) is 10.3. The second-order valence-corrected chi connectivity index (χ2v) is 13.7. The molecule has 7 rings (SSSR count). The molecule has 0 unspecified atom stereocenters. The number of pyridine rings is 1. The van der Waals surface area contributed by atoms with Gasteiger partial charge in [0.05, 0.1) is 54.5 Å². The number of halogens is 1. The van der Waals surface area contributed by atoms with Crippen LogP contribution < -0.4 is 15.4 Å². The first kappa shape index (κ1) is 29.5. The number of nitrogens with one attached hydrogen (secondary N) is 2. The molecule has 1 saturated heterocycles. The van der Waals surface area contributed by atoms with Gasteiger partial charge in [-0.3, -0.25) is 0 Å². The highest BCUT2D eigenvalue weighted by molar-refractivity contribution is 7.90. The zero-order valence-electron chi connectivity index (χ0n) is 24.5. The molecule has 4 aromatic rings. The Labute approximate surface area is 260 Å². The summed E-state index contributed by atoms with van der Waals surface area (Å²) in [5.74, 6) is 1.78. The van der Waals surface area contributed by atoms with Crippen LogP contribution in [0.25, 0.3) is 22.6 Å². The second kappa shape index (κ2) is 12.6. The topological polar surface area (TPSA) is 159 Å². The molecule has 3 aliphatic rings. The number of hydrogen-bond acceptors (Lipinski definition) is 12. The van der Waals surface area contributed by atoms with Gasteiger partial charge in [-0.15, -0.1) is 0 Å². The Hall–Kier alpha value is -4.24. The Kier molecular flexibility index (Phi) is 8.27. The predicted octanol–water partition coefficient (Wildman–Crippen LogP) is 4.53. The van der Waals surface area contributed by atoms with Crippen molar-refractivity contribution in [1.29, 1.82) is 0 Å². The van der Waals surface area contributed by atoms with E-state index in [-0.39, 0.29) is 17.4 Å². The molecule has 2 aliphatic carbocycles. The standard InChI is InChI=1S/C30H34FN9O4S/c31-20-1-3-21(4-2-20)37-25-13-28(34-15-24(25)26-16-35-29(17-33-26)44-22-8-11-43-12-9-22)38-27-7-10-32-30(39-27)19-14-36-40(18-19)45(41,42)23-5-6-23/h7,10,13-18,20-23H,1-6,8-9,11-12H2,(H2,32,34,37,38,39). The molecule has 13 nitrogen and oxygen atoms in total. The lowest BCUT2D eigenvalue weighted by atomic mass is 9.93. The van der Waals surface area contributed by atoms with E-state index in [1.54, 1.807) is 30.9 Å². The average molecular weight is 636 g/mol. The molecule has 0 aromatic carbocycles. The first-order valence-electron chi connectivity index (χ1n) is 15.3. The monoisotopic (exact) mass is 635 g/mol. The molecule has 5 heterocycles. The smallest absolute Gasteiger partial charge is 0.256 e. The van der Waals surface area contributed by atoms with Gasteiger partial charge >= 0.3 is 0 Å². The summed E-state index contributed by atoms with van der Waals surface area (Å²) in [6.45, 7) is 1.35. The number of rotatable bonds is 10. The third kappa shape index (κ3) is 6.88. The number of nitrogens with zero attached hydrogens (tertiary/aromatic N) is 7. The fourth-order valence-electron chi connectivity index (χ4n) is 5.52. The molecular weight excluding hydrogens is 601 g/mol. The summed E-state index contributed by atoms with van der Waals surface area (Å²) in [5, 5.41) is 10.5. The fourth-order valence-corrected chi connectivity index (χ4v) is 7.00. The van der Waals surface area contributed by atoms with E-state index in [9.17, 15) is 12.8 Å². The maximum absolute atomic E-state index is 13.9. The van der Waals surface area contributed by atoms with Gasteiger partial charge in [-0.2, -0.15) is 9.19 Å². The Morgan fingerprint density at radius 1 is 0.911 bits per heavy atom. The van der Waals surface area contributed by atoms with Crippen LogP contribution in [0.1, 0.15) is 51.4 Å². The summed E-state index contributed by atoms with van der Waals surface area (Å²) in [7, 11) is -3.49. The van der Waals surface area contributed by atoms with E-state index in [0.29, 0.717) is 86.3 Å². The average Bonchev–Trinajstić information content (AvgIpc) is 3.80. The van der Waals surface area contributed by atoms with Gasteiger partial charge < -0.3 is 20.1 Å². The normalized spacial score (nSPS) is 20.9. The van der Waals surface area contributed by atoms with Crippen LogP contribution in [0.4, 0.5) is 21.7 Å². The molecule has 0 amide bonds. The van der Waals surface area contributed by atoms with Crippen LogP contribution in [0, 0.1) is 0 Å². The number of aromatic nitrogens is 7. The van der Waals surface area contributed by atoms with Gasteiger partial charge in [-0.1, -0.05) is 0 Å². The van der Waals surface area contributed by atoms with E-state index in [2.05, 4.69) is 40.7 Å². The minimum Gasteiger partial charge on any atom is -0.473 e. The summed E-state index contributed by atoms with van der Waals surface area (Å²) in [5.41, 5.74) is 2.64. The molecule has 15 heteroatoms. The van der Waals surface area contributed by atoms with Gasteiger partial charge in [0, 0.05) is 48.6 Å². The highest BCUT2D eigenvalue weighted by atomic mass is 32.2. The number of anilines is 3. The molecule has 2 saturated carbocycles. The van der Waals surface area contributed by atoms with E-state index in [1.165, 1.54) is 12.4 Å². The summed E-state index contributed by atoms with van der Waals surface area (Å²) in [4.78, 5) is 22.6. The molecule has 3 fully saturated rings. The number of hydrogen-bond donors (Lipinski definition) is 2. The van der Waals surface area contributed by atoms with Gasteiger partial charge in [-0.05, 0) is 44.6 Å². The number of alkyl halides is 1. The van der Waals surface area contributed by atoms with Crippen molar-refractivity contribution in [2.24, 2.45) is 0 Å². The zero-order valence-corrected chi connectivity index (χ0v) is 25.4. The van der Waals surface area contributed by atoms with Crippen LogP contribution in [0.3, 0.4) is 0 Å². The summed E-state index contributed by atoms with van der Waals surface area (Å²) >= 11 is 0. The SMILES string of the molecule is O=S(=O)(C1CC1)n1cc(-c2nccc(Nc3cc(NC4CCC(F)CC4)c(-c4cnc(OC5CCOCC5)cn4)cn3)n2)cn1. The molecule has 0 atom stereocenters. The Bertz CT molecular complexity index is 1740. The predicted molar refractivity (Wildman–Crippen MR) is 164 cm³/mol. The summed E-state index contributed by atoms with van der Waals surface area (Å²) in [6, 6.07) is 3.67. The van der Waals surface area contributed by atoms with Crippen molar-refractivity contribution in [3.8, 4) is 28.5 Å².